The van der Waals surface area contributed by atoms with Gasteiger partial charge in [0.2, 0.25) is 0 Å². The molecule has 2 fully saturated rings. The zero-order chi connectivity index (χ0) is 12.0. The van der Waals surface area contributed by atoms with Crippen LogP contribution in [0, 0.1) is 11.8 Å². The molecule has 3 heteroatoms. The fourth-order valence-corrected chi connectivity index (χ4v) is 3.37. The van der Waals surface area contributed by atoms with E-state index < -0.39 is 6.09 Å². The minimum atomic E-state index is -0.759. The molecule has 90 valence electrons. The molecule has 1 saturated carbocycles. The highest BCUT2D eigenvalue weighted by atomic mass is 16.4. The topological polar surface area (TPSA) is 40.5 Å². The van der Waals surface area contributed by atoms with Gasteiger partial charge in [-0.25, -0.2) is 4.79 Å². The van der Waals surface area contributed by atoms with Crippen LogP contribution in [-0.2, 0) is 6.42 Å². The van der Waals surface area contributed by atoms with Crippen LogP contribution in [0.2, 0.25) is 0 Å². The Bertz CT molecular complexity index is 431. The number of benzene rings is 1. The van der Waals surface area contributed by atoms with Crippen LogP contribution in [0.25, 0.3) is 0 Å². The zero-order valence-corrected chi connectivity index (χ0v) is 9.91. The van der Waals surface area contributed by atoms with Gasteiger partial charge in [0.15, 0.2) is 0 Å². The summed E-state index contributed by atoms with van der Waals surface area (Å²) in [5.74, 6) is 1.21. The highest BCUT2D eigenvalue weighted by molar-refractivity contribution is 5.67. The van der Waals surface area contributed by atoms with Gasteiger partial charge in [0.1, 0.15) is 0 Å². The van der Waals surface area contributed by atoms with E-state index in [1.807, 2.05) is 25.1 Å². The van der Waals surface area contributed by atoms with Crippen LogP contribution in [0.4, 0.5) is 4.79 Å². The van der Waals surface area contributed by atoms with Crippen molar-refractivity contribution >= 4 is 6.09 Å². The van der Waals surface area contributed by atoms with Gasteiger partial charge in [0, 0.05) is 12.1 Å². The normalized spacial score (nSPS) is 34.5. The minimum absolute atomic E-state index is 0.190. The molecule has 2 aliphatic rings. The van der Waals surface area contributed by atoms with Crippen LogP contribution in [0.3, 0.4) is 0 Å². The summed E-state index contributed by atoms with van der Waals surface area (Å²) in [5.41, 5.74) is 1.24. The van der Waals surface area contributed by atoms with Gasteiger partial charge < -0.3 is 10.0 Å². The third-order valence-electron chi connectivity index (χ3n) is 4.31. The molecule has 1 heterocycles. The van der Waals surface area contributed by atoms with Crippen LogP contribution < -0.4 is 0 Å². The van der Waals surface area contributed by atoms with E-state index in [2.05, 4.69) is 12.1 Å². The smallest absolute Gasteiger partial charge is 0.407 e. The minimum Gasteiger partial charge on any atom is -0.465 e. The van der Waals surface area contributed by atoms with E-state index in [4.69, 9.17) is 0 Å². The molecule has 1 aliphatic heterocycles. The summed E-state index contributed by atoms with van der Waals surface area (Å²) in [5, 5.41) is 9.30. The summed E-state index contributed by atoms with van der Waals surface area (Å²) in [7, 11) is 0. The Balaban J connectivity index is 1.80. The van der Waals surface area contributed by atoms with E-state index in [1.54, 1.807) is 4.90 Å². The van der Waals surface area contributed by atoms with Gasteiger partial charge in [0.25, 0.3) is 0 Å². The molecule has 1 saturated heterocycles. The molecule has 0 bridgehead atoms. The lowest BCUT2D eigenvalue weighted by Crippen LogP contribution is -2.43. The van der Waals surface area contributed by atoms with Crippen molar-refractivity contribution < 1.29 is 9.90 Å². The maximum Gasteiger partial charge on any atom is 0.407 e. The standard InChI is InChI=1S/C14H17NO2/c1-9-11-8-12(11)13(15(9)14(16)17)7-10-5-3-2-4-6-10/h2-6,9,11-13H,7-8H2,1H3,(H,16,17). The van der Waals surface area contributed by atoms with E-state index in [0.717, 1.165) is 6.42 Å². The second-order valence-corrected chi connectivity index (χ2v) is 5.25. The molecular weight excluding hydrogens is 214 g/mol. The number of hydrogen-bond acceptors (Lipinski definition) is 1. The Morgan fingerprint density at radius 2 is 2.06 bits per heavy atom. The Labute approximate surface area is 101 Å². The molecule has 4 atom stereocenters. The summed E-state index contributed by atoms with van der Waals surface area (Å²) in [6.07, 6.45) is 1.31. The van der Waals surface area contributed by atoms with Crippen LogP contribution in [0.5, 0.6) is 0 Å². The largest absolute Gasteiger partial charge is 0.465 e. The molecule has 1 amide bonds. The number of nitrogens with zero attached hydrogens (tertiary/aromatic N) is 1. The van der Waals surface area contributed by atoms with Crippen LogP contribution in [0.15, 0.2) is 30.3 Å². The quantitative estimate of drug-likeness (QED) is 0.850. The fraction of sp³-hybridized carbons (Fsp3) is 0.500. The molecule has 0 aromatic heterocycles. The number of carbonyl (C=O) groups is 1. The van der Waals surface area contributed by atoms with Gasteiger partial charge in [-0.15, -0.1) is 0 Å². The number of fused-ring (bicyclic) bond motifs is 1. The van der Waals surface area contributed by atoms with Crippen molar-refractivity contribution in [2.24, 2.45) is 11.8 Å². The number of amides is 1. The van der Waals surface area contributed by atoms with Crippen molar-refractivity contribution in [1.82, 2.24) is 4.90 Å². The molecule has 1 N–H and O–H groups in total. The van der Waals surface area contributed by atoms with E-state index >= 15 is 0 Å². The summed E-state index contributed by atoms with van der Waals surface area (Å²) < 4.78 is 0. The van der Waals surface area contributed by atoms with Crippen molar-refractivity contribution in [1.29, 1.82) is 0 Å². The first kappa shape index (κ1) is 10.6. The molecule has 3 nitrogen and oxygen atoms in total. The Kier molecular flexibility index (Phi) is 2.35. The Hall–Kier alpha value is -1.51. The lowest BCUT2D eigenvalue weighted by molar-refractivity contribution is 0.113. The monoisotopic (exact) mass is 231 g/mol. The van der Waals surface area contributed by atoms with E-state index in [1.165, 1.54) is 12.0 Å². The molecule has 3 rings (SSSR count). The number of rotatable bonds is 2. The first-order valence-corrected chi connectivity index (χ1v) is 6.23. The first-order valence-electron chi connectivity index (χ1n) is 6.23. The average Bonchev–Trinajstić information content (AvgIpc) is 3.04. The predicted octanol–water partition coefficient (Wildman–Crippen LogP) is 2.62. The molecule has 0 radical (unpaired) electrons. The third-order valence-corrected chi connectivity index (χ3v) is 4.31. The average molecular weight is 231 g/mol. The molecule has 4 unspecified atom stereocenters. The van der Waals surface area contributed by atoms with Gasteiger partial charge in [-0.2, -0.15) is 0 Å². The third kappa shape index (κ3) is 1.70. The summed E-state index contributed by atoms with van der Waals surface area (Å²) >= 11 is 0. The van der Waals surface area contributed by atoms with E-state index in [0.29, 0.717) is 11.8 Å². The molecule has 1 aromatic rings. The van der Waals surface area contributed by atoms with Crippen LogP contribution >= 0.6 is 0 Å². The maximum atomic E-state index is 11.3. The second-order valence-electron chi connectivity index (χ2n) is 5.25. The zero-order valence-electron chi connectivity index (χ0n) is 9.91. The molecule has 17 heavy (non-hydrogen) atoms. The fourth-order valence-electron chi connectivity index (χ4n) is 3.37. The van der Waals surface area contributed by atoms with E-state index in [9.17, 15) is 9.90 Å². The van der Waals surface area contributed by atoms with Gasteiger partial charge >= 0.3 is 6.09 Å². The number of hydrogen-bond donors (Lipinski definition) is 1. The van der Waals surface area contributed by atoms with Crippen LogP contribution in [0.1, 0.15) is 18.9 Å². The van der Waals surface area contributed by atoms with Gasteiger partial charge in [-0.05, 0) is 37.2 Å². The maximum absolute atomic E-state index is 11.3. The highest BCUT2D eigenvalue weighted by Crippen LogP contribution is 2.54. The highest BCUT2D eigenvalue weighted by Gasteiger charge is 2.58. The predicted molar refractivity (Wildman–Crippen MR) is 64.9 cm³/mol. The van der Waals surface area contributed by atoms with Crippen molar-refractivity contribution in [3.63, 3.8) is 0 Å². The molecular formula is C14H17NO2. The van der Waals surface area contributed by atoms with Crippen molar-refractivity contribution in [3.05, 3.63) is 35.9 Å². The number of piperidine rings is 1. The Morgan fingerprint density at radius 1 is 1.35 bits per heavy atom. The lowest BCUT2D eigenvalue weighted by Gasteiger charge is -2.29. The SMILES string of the molecule is CC1C2CC2C(Cc2ccccc2)N1C(=O)O. The van der Waals surface area contributed by atoms with Crippen molar-refractivity contribution in [2.75, 3.05) is 0 Å². The summed E-state index contributed by atoms with van der Waals surface area (Å²) in [6.45, 7) is 2.05. The summed E-state index contributed by atoms with van der Waals surface area (Å²) in [4.78, 5) is 13.0. The number of carboxylic acid groups (broad SMARTS) is 1. The van der Waals surface area contributed by atoms with Crippen molar-refractivity contribution in [2.45, 2.75) is 31.8 Å². The van der Waals surface area contributed by atoms with Crippen molar-refractivity contribution in [3.8, 4) is 0 Å². The molecule has 0 spiro atoms. The molecule has 1 aliphatic carbocycles. The lowest BCUT2D eigenvalue weighted by atomic mass is 10.0. The summed E-state index contributed by atoms with van der Waals surface area (Å²) in [6, 6.07) is 10.6. The van der Waals surface area contributed by atoms with E-state index in [-0.39, 0.29) is 12.1 Å². The van der Waals surface area contributed by atoms with Gasteiger partial charge in [-0.3, -0.25) is 0 Å². The molecule has 1 aromatic carbocycles. The number of likely N-dealkylation sites (tertiary alicyclic amines) is 1. The Morgan fingerprint density at radius 3 is 2.71 bits per heavy atom. The van der Waals surface area contributed by atoms with Gasteiger partial charge in [0.05, 0.1) is 0 Å². The van der Waals surface area contributed by atoms with Gasteiger partial charge in [-0.1, -0.05) is 30.3 Å². The first-order chi connectivity index (χ1) is 8.18. The van der Waals surface area contributed by atoms with Crippen LogP contribution in [-0.4, -0.2) is 28.2 Å². The second kappa shape index (κ2) is 3.76.